The monoisotopic (exact) mass is 238 g/mol. The van der Waals surface area contributed by atoms with E-state index in [-0.39, 0.29) is 5.97 Å². The van der Waals surface area contributed by atoms with Crippen LogP contribution in [0.4, 0.5) is 0 Å². The minimum Gasteiger partial charge on any atom is -0.460 e. The topological polar surface area (TPSA) is 26.3 Å². The summed E-state index contributed by atoms with van der Waals surface area (Å²) in [6.45, 7) is 7.58. The van der Waals surface area contributed by atoms with Gasteiger partial charge in [0, 0.05) is 4.88 Å². The van der Waals surface area contributed by atoms with Crippen molar-refractivity contribution in [3.05, 3.63) is 28.5 Å². The van der Waals surface area contributed by atoms with Gasteiger partial charge in [-0.3, -0.25) is 4.79 Å². The highest BCUT2D eigenvalue weighted by molar-refractivity contribution is 7.11. The van der Waals surface area contributed by atoms with Crippen molar-refractivity contribution >= 4 is 22.9 Å². The van der Waals surface area contributed by atoms with Crippen molar-refractivity contribution in [2.24, 2.45) is 0 Å². The van der Waals surface area contributed by atoms with Crippen LogP contribution in [0.1, 0.15) is 39.0 Å². The van der Waals surface area contributed by atoms with Gasteiger partial charge in [-0.05, 0) is 44.7 Å². The molecule has 0 saturated heterocycles. The van der Waals surface area contributed by atoms with E-state index in [1.54, 1.807) is 11.3 Å². The van der Waals surface area contributed by atoms with E-state index in [4.69, 9.17) is 4.74 Å². The van der Waals surface area contributed by atoms with E-state index >= 15 is 0 Å². The lowest BCUT2D eigenvalue weighted by molar-refractivity contribution is -0.153. The van der Waals surface area contributed by atoms with Crippen LogP contribution in [-0.2, 0) is 9.53 Å². The second kappa shape index (κ2) is 5.30. The second-order valence-corrected chi connectivity index (χ2v) is 5.50. The molecule has 1 heterocycles. The van der Waals surface area contributed by atoms with E-state index in [1.807, 2.05) is 51.3 Å². The number of allylic oxidation sites excluding steroid dienone is 1. The van der Waals surface area contributed by atoms with Crippen molar-refractivity contribution in [2.75, 3.05) is 0 Å². The summed E-state index contributed by atoms with van der Waals surface area (Å²) >= 11 is 1.64. The summed E-state index contributed by atoms with van der Waals surface area (Å²) in [5.41, 5.74) is 0.620. The Kier molecular flexibility index (Phi) is 4.30. The number of thiophene rings is 1. The number of carbonyl (C=O) groups is 1. The molecule has 0 amide bonds. The number of carbonyl (C=O) groups excluding carboxylic acids is 1. The molecule has 0 saturated carbocycles. The maximum absolute atomic E-state index is 11.7. The van der Waals surface area contributed by atoms with Crippen molar-refractivity contribution < 1.29 is 9.53 Å². The third kappa shape index (κ3) is 4.19. The van der Waals surface area contributed by atoms with Crippen LogP contribution in [0.25, 0.3) is 5.57 Å². The lowest BCUT2D eigenvalue weighted by Gasteiger charge is -2.19. The van der Waals surface area contributed by atoms with Crippen molar-refractivity contribution in [3.8, 4) is 0 Å². The predicted octanol–water partition coefficient (Wildman–Crippen LogP) is 3.88. The Bertz CT molecular complexity index is 369. The summed E-state index contributed by atoms with van der Waals surface area (Å²) < 4.78 is 5.29. The standard InChI is InChI=1S/C13H18O2S/c1-5-10(11-7-6-8-16-11)9-12(14)15-13(2,3)4/h5-8H,9H2,1-4H3/b10-5-. The fraction of sp³-hybridized carbons (Fsp3) is 0.462. The summed E-state index contributed by atoms with van der Waals surface area (Å²) in [6.07, 6.45) is 2.31. The number of hydrogen-bond acceptors (Lipinski definition) is 3. The van der Waals surface area contributed by atoms with Gasteiger partial charge in [-0.1, -0.05) is 12.1 Å². The molecular weight excluding hydrogens is 220 g/mol. The molecule has 0 fully saturated rings. The van der Waals surface area contributed by atoms with Gasteiger partial charge in [0.2, 0.25) is 0 Å². The Morgan fingerprint density at radius 2 is 2.19 bits per heavy atom. The summed E-state index contributed by atoms with van der Waals surface area (Å²) in [6, 6.07) is 4.00. The van der Waals surface area contributed by atoms with Crippen LogP contribution in [0.3, 0.4) is 0 Å². The molecule has 0 aliphatic heterocycles. The van der Waals surface area contributed by atoms with E-state index in [0.717, 1.165) is 10.5 Å². The Morgan fingerprint density at radius 1 is 1.50 bits per heavy atom. The maximum Gasteiger partial charge on any atom is 0.310 e. The minimum atomic E-state index is -0.411. The molecule has 1 aromatic rings. The van der Waals surface area contributed by atoms with Gasteiger partial charge in [0.15, 0.2) is 0 Å². The highest BCUT2D eigenvalue weighted by atomic mass is 32.1. The first-order chi connectivity index (χ1) is 7.42. The Hall–Kier alpha value is -1.09. The zero-order valence-corrected chi connectivity index (χ0v) is 11.1. The largest absolute Gasteiger partial charge is 0.460 e. The van der Waals surface area contributed by atoms with E-state index in [0.29, 0.717) is 6.42 Å². The number of rotatable bonds is 3. The number of esters is 1. The quantitative estimate of drug-likeness (QED) is 0.747. The molecule has 16 heavy (non-hydrogen) atoms. The average Bonchev–Trinajstić information content (AvgIpc) is 2.63. The number of hydrogen-bond donors (Lipinski definition) is 0. The molecule has 0 bridgehead atoms. The van der Waals surface area contributed by atoms with Crippen LogP contribution in [0.15, 0.2) is 23.6 Å². The molecule has 88 valence electrons. The molecule has 2 nitrogen and oxygen atoms in total. The lowest BCUT2D eigenvalue weighted by Crippen LogP contribution is -2.23. The molecule has 0 atom stereocenters. The first-order valence-electron chi connectivity index (χ1n) is 5.33. The smallest absolute Gasteiger partial charge is 0.310 e. The molecule has 0 radical (unpaired) electrons. The molecule has 0 aromatic carbocycles. The van der Waals surface area contributed by atoms with Crippen LogP contribution in [0, 0.1) is 0 Å². The van der Waals surface area contributed by atoms with Gasteiger partial charge in [-0.25, -0.2) is 0 Å². The van der Waals surface area contributed by atoms with Crippen LogP contribution < -0.4 is 0 Å². The van der Waals surface area contributed by atoms with E-state index in [2.05, 4.69) is 0 Å². The molecule has 0 aliphatic carbocycles. The second-order valence-electron chi connectivity index (χ2n) is 4.55. The van der Waals surface area contributed by atoms with Crippen LogP contribution in [0.5, 0.6) is 0 Å². The number of ether oxygens (including phenoxy) is 1. The van der Waals surface area contributed by atoms with Crippen LogP contribution in [0.2, 0.25) is 0 Å². The van der Waals surface area contributed by atoms with Crippen molar-refractivity contribution in [2.45, 2.75) is 39.7 Å². The van der Waals surface area contributed by atoms with Crippen LogP contribution >= 0.6 is 11.3 Å². The van der Waals surface area contributed by atoms with Crippen molar-refractivity contribution in [1.82, 2.24) is 0 Å². The third-order valence-electron chi connectivity index (χ3n) is 1.94. The van der Waals surface area contributed by atoms with E-state index in [9.17, 15) is 4.79 Å². The Balaban J connectivity index is 2.63. The van der Waals surface area contributed by atoms with Crippen molar-refractivity contribution in [1.29, 1.82) is 0 Å². The highest BCUT2D eigenvalue weighted by Gasteiger charge is 2.17. The maximum atomic E-state index is 11.7. The van der Waals surface area contributed by atoms with Gasteiger partial charge in [0.1, 0.15) is 5.60 Å². The predicted molar refractivity (Wildman–Crippen MR) is 68.4 cm³/mol. The van der Waals surface area contributed by atoms with Gasteiger partial charge in [0.25, 0.3) is 0 Å². The lowest BCUT2D eigenvalue weighted by atomic mass is 10.1. The zero-order valence-electron chi connectivity index (χ0n) is 10.2. The van der Waals surface area contributed by atoms with Crippen molar-refractivity contribution in [3.63, 3.8) is 0 Å². The fourth-order valence-electron chi connectivity index (χ4n) is 1.33. The van der Waals surface area contributed by atoms with Gasteiger partial charge >= 0.3 is 5.97 Å². The van der Waals surface area contributed by atoms with Gasteiger partial charge in [-0.2, -0.15) is 0 Å². The molecule has 0 N–H and O–H groups in total. The first-order valence-corrected chi connectivity index (χ1v) is 6.21. The first kappa shape index (κ1) is 13.0. The average molecular weight is 238 g/mol. The molecule has 1 aromatic heterocycles. The molecule has 0 spiro atoms. The molecule has 0 aliphatic rings. The van der Waals surface area contributed by atoms with Crippen LogP contribution in [-0.4, -0.2) is 11.6 Å². The fourth-order valence-corrected chi connectivity index (χ4v) is 2.13. The Labute approximate surface area is 101 Å². The minimum absolute atomic E-state index is 0.172. The third-order valence-corrected chi connectivity index (χ3v) is 2.89. The molecular formula is C13H18O2S. The van der Waals surface area contributed by atoms with E-state index in [1.165, 1.54) is 0 Å². The molecule has 0 unspecified atom stereocenters. The molecule has 3 heteroatoms. The summed E-state index contributed by atoms with van der Waals surface area (Å²) in [5.74, 6) is -0.172. The van der Waals surface area contributed by atoms with Gasteiger partial charge < -0.3 is 4.74 Å². The van der Waals surface area contributed by atoms with Gasteiger partial charge in [0.05, 0.1) is 6.42 Å². The Morgan fingerprint density at radius 3 is 2.62 bits per heavy atom. The molecule has 1 rings (SSSR count). The van der Waals surface area contributed by atoms with Gasteiger partial charge in [-0.15, -0.1) is 11.3 Å². The highest BCUT2D eigenvalue weighted by Crippen LogP contribution is 2.24. The summed E-state index contributed by atoms with van der Waals surface area (Å²) in [5, 5.41) is 2.01. The van der Waals surface area contributed by atoms with E-state index < -0.39 is 5.60 Å². The summed E-state index contributed by atoms with van der Waals surface area (Å²) in [7, 11) is 0. The normalized spacial score (nSPS) is 12.6. The zero-order chi connectivity index (χ0) is 12.2. The summed E-state index contributed by atoms with van der Waals surface area (Å²) in [4.78, 5) is 12.8. The SMILES string of the molecule is C/C=C(/CC(=O)OC(C)(C)C)c1cccs1.